The summed E-state index contributed by atoms with van der Waals surface area (Å²) >= 11 is 1.71. The van der Waals surface area contributed by atoms with Gasteiger partial charge in [0.25, 0.3) is 0 Å². The van der Waals surface area contributed by atoms with E-state index >= 15 is 0 Å². The van der Waals surface area contributed by atoms with Crippen LogP contribution in [-0.4, -0.2) is 17.9 Å². The number of carbonyl (C=O) groups excluding carboxylic acids is 1. The molecule has 1 aromatic rings. The Morgan fingerprint density at radius 3 is 2.53 bits per heavy atom. The molecule has 0 fully saturated rings. The minimum absolute atomic E-state index is 0.000478. The topological polar surface area (TPSA) is 41.5 Å². The highest BCUT2D eigenvalue weighted by molar-refractivity contribution is 7.98. The van der Waals surface area contributed by atoms with Crippen LogP contribution in [0.15, 0.2) is 34.3 Å². The van der Waals surface area contributed by atoms with Crippen molar-refractivity contribution in [3.05, 3.63) is 29.8 Å². The number of nitrogens with one attached hydrogen (secondary N) is 1. The van der Waals surface area contributed by atoms with E-state index < -0.39 is 0 Å². The van der Waals surface area contributed by atoms with Gasteiger partial charge in [0.2, 0.25) is 5.91 Å². The lowest BCUT2D eigenvalue weighted by atomic mass is 10.0. The fraction of sp³-hybridized carbons (Fsp3) is 0.273. The maximum atomic E-state index is 10.9. The first-order valence-electron chi connectivity index (χ1n) is 4.79. The van der Waals surface area contributed by atoms with Crippen molar-refractivity contribution >= 4 is 23.4 Å². The van der Waals surface area contributed by atoms with E-state index in [9.17, 15) is 4.79 Å². The van der Waals surface area contributed by atoms with Gasteiger partial charge in [-0.1, -0.05) is 12.1 Å². The van der Waals surface area contributed by atoms with Gasteiger partial charge in [-0.05, 0) is 24.0 Å². The molecule has 0 aromatic heterocycles. The molecule has 1 amide bonds. The molecule has 2 rings (SSSR count). The minimum atomic E-state index is -0.000478. The molecule has 1 heterocycles. The van der Waals surface area contributed by atoms with Crippen LogP contribution in [0.1, 0.15) is 18.4 Å². The third-order valence-corrected chi connectivity index (χ3v) is 3.07. The van der Waals surface area contributed by atoms with E-state index in [4.69, 9.17) is 0 Å². The quantitative estimate of drug-likeness (QED) is 0.775. The number of hydrazone groups is 1. The molecule has 0 bridgehead atoms. The molecule has 0 unspecified atom stereocenters. The molecule has 1 aromatic carbocycles. The summed E-state index contributed by atoms with van der Waals surface area (Å²) in [6.45, 7) is 0. The second kappa shape index (κ2) is 4.49. The van der Waals surface area contributed by atoms with E-state index in [2.05, 4.69) is 22.7 Å². The van der Waals surface area contributed by atoms with Crippen molar-refractivity contribution in [2.75, 3.05) is 6.26 Å². The number of carbonyl (C=O) groups is 1. The van der Waals surface area contributed by atoms with Crippen molar-refractivity contribution in [2.24, 2.45) is 5.10 Å². The molecule has 0 aliphatic carbocycles. The fourth-order valence-electron chi connectivity index (χ4n) is 1.47. The summed E-state index contributed by atoms with van der Waals surface area (Å²) in [7, 11) is 0. The Bertz CT molecular complexity index is 398. The molecule has 0 spiro atoms. The summed E-state index contributed by atoms with van der Waals surface area (Å²) in [4.78, 5) is 12.2. The third kappa shape index (κ3) is 2.39. The SMILES string of the molecule is CSc1ccc(C2=NNC(=O)CC2)cc1. The van der Waals surface area contributed by atoms with Gasteiger partial charge in [0, 0.05) is 17.7 Å². The lowest BCUT2D eigenvalue weighted by Crippen LogP contribution is -2.25. The summed E-state index contributed by atoms with van der Waals surface area (Å²) in [5.74, 6) is -0.000478. The molecule has 0 radical (unpaired) electrons. The Morgan fingerprint density at radius 2 is 2.00 bits per heavy atom. The average molecular weight is 220 g/mol. The average Bonchev–Trinajstić information content (AvgIpc) is 2.30. The van der Waals surface area contributed by atoms with Crippen LogP contribution in [0.4, 0.5) is 0 Å². The Kier molecular flexibility index (Phi) is 3.06. The van der Waals surface area contributed by atoms with Crippen molar-refractivity contribution in [3.63, 3.8) is 0 Å². The van der Waals surface area contributed by atoms with Crippen molar-refractivity contribution in [3.8, 4) is 0 Å². The highest BCUT2D eigenvalue weighted by atomic mass is 32.2. The maximum absolute atomic E-state index is 10.9. The standard InChI is InChI=1S/C11H12N2OS/c1-15-9-4-2-8(3-5-9)10-6-7-11(14)13-12-10/h2-5H,6-7H2,1H3,(H,13,14). The highest BCUT2D eigenvalue weighted by Crippen LogP contribution is 2.17. The zero-order chi connectivity index (χ0) is 10.7. The van der Waals surface area contributed by atoms with Crippen LogP contribution in [0.3, 0.4) is 0 Å². The molecule has 0 saturated carbocycles. The fourth-order valence-corrected chi connectivity index (χ4v) is 1.87. The first kappa shape index (κ1) is 10.2. The molecular weight excluding hydrogens is 208 g/mol. The Balaban J connectivity index is 2.19. The molecule has 0 saturated heterocycles. The van der Waals surface area contributed by atoms with Crippen molar-refractivity contribution in [2.45, 2.75) is 17.7 Å². The lowest BCUT2D eigenvalue weighted by Gasteiger charge is -2.12. The summed E-state index contributed by atoms with van der Waals surface area (Å²) in [5.41, 5.74) is 4.55. The number of hydrogen-bond donors (Lipinski definition) is 1. The zero-order valence-electron chi connectivity index (χ0n) is 8.49. The molecule has 15 heavy (non-hydrogen) atoms. The van der Waals surface area contributed by atoms with Gasteiger partial charge in [-0.2, -0.15) is 5.10 Å². The minimum Gasteiger partial charge on any atom is -0.273 e. The van der Waals surface area contributed by atoms with E-state index in [0.717, 1.165) is 17.7 Å². The van der Waals surface area contributed by atoms with E-state index in [1.54, 1.807) is 11.8 Å². The van der Waals surface area contributed by atoms with Gasteiger partial charge in [0.05, 0.1) is 5.71 Å². The van der Waals surface area contributed by atoms with Crippen LogP contribution >= 0.6 is 11.8 Å². The largest absolute Gasteiger partial charge is 0.273 e. The number of rotatable bonds is 2. The van der Waals surface area contributed by atoms with E-state index in [0.29, 0.717) is 6.42 Å². The molecular formula is C11H12N2OS. The lowest BCUT2D eigenvalue weighted by molar-refractivity contribution is -0.121. The number of nitrogens with zero attached hydrogens (tertiary/aromatic N) is 1. The van der Waals surface area contributed by atoms with Crippen LogP contribution in [0.25, 0.3) is 0 Å². The van der Waals surface area contributed by atoms with Crippen molar-refractivity contribution in [1.29, 1.82) is 0 Å². The first-order valence-corrected chi connectivity index (χ1v) is 6.02. The second-order valence-electron chi connectivity index (χ2n) is 3.32. The molecule has 78 valence electrons. The smallest absolute Gasteiger partial charge is 0.240 e. The second-order valence-corrected chi connectivity index (χ2v) is 4.20. The van der Waals surface area contributed by atoms with Crippen LogP contribution < -0.4 is 5.43 Å². The summed E-state index contributed by atoms with van der Waals surface area (Å²) < 4.78 is 0. The zero-order valence-corrected chi connectivity index (χ0v) is 9.30. The highest BCUT2D eigenvalue weighted by Gasteiger charge is 2.12. The number of amides is 1. The van der Waals surface area contributed by atoms with Gasteiger partial charge in [-0.3, -0.25) is 4.79 Å². The van der Waals surface area contributed by atoms with Crippen LogP contribution in [-0.2, 0) is 4.79 Å². The van der Waals surface area contributed by atoms with Gasteiger partial charge >= 0.3 is 0 Å². The van der Waals surface area contributed by atoms with E-state index in [1.165, 1.54) is 4.90 Å². The molecule has 1 N–H and O–H groups in total. The first-order chi connectivity index (χ1) is 7.29. The van der Waals surface area contributed by atoms with Gasteiger partial charge in [0.1, 0.15) is 0 Å². The summed E-state index contributed by atoms with van der Waals surface area (Å²) in [6.07, 6.45) is 3.31. The van der Waals surface area contributed by atoms with Gasteiger partial charge in [-0.15, -0.1) is 11.8 Å². The Labute approximate surface area is 93.0 Å². The number of hydrogen-bond acceptors (Lipinski definition) is 3. The molecule has 1 aliphatic heterocycles. The van der Waals surface area contributed by atoms with E-state index in [1.807, 2.05) is 18.4 Å². The van der Waals surface area contributed by atoms with Crippen LogP contribution in [0, 0.1) is 0 Å². The van der Waals surface area contributed by atoms with Crippen molar-refractivity contribution in [1.82, 2.24) is 5.43 Å². The summed E-state index contributed by atoms with van der Waals surface area (Å²) in [6, 6.07) is 8.22. The monoisotopic (exact) mass is 220 g/mol. The van der Waals surface area contributed by atoms with Gasteiger partial charge in [0.15, 0.2) is 0 Å². The van der Waals surface area contributed by atoms with Gasteiger partial charge < -0.3 is 0 Å². The predicted molar refractivity (Wildman–Crippen MR) is 62.1 cm³/mol. The third-order valence-electron chi connectivity index (χ3n) is 2.33. The van der Waals surface area contributed by atoms with Gasteiger partial charge in [-0.25, -0.2) is 5.43 Å². The molecule has 4 heteroatoms. The molecule has 3 nitrogen and oxygen atoms in total. The summed E-state index contributed by atoms with van der Waals surface area (Å²) in [5, 5.41) is 4.05. The maximum Gasteiger partial charge on any atom is 0.240 e. The normalized spacial score (nSPS) is 15.8. The van der Waals surface area contributed by atoms with Crippen molar-refractivity contribution < 1.29 is 4.79 Å². The van der Waals surface area contributed by atoms with E-state index in [-0.39, 0.29) is 5.91 Å². The van der Waals surface area contributed by atoms with Crippen LogP contribution in [0.2, 0.25) is 0 Å². The Hall–Kier alpha value is -1.29. The van der Waals surface area contributed by atoms with Crippen LogP contribution in [0.5, 0.6) is 0 Å². The number of thioether (sulfide) groups is 1. The predicted octanol–water partition coefficient (Wildman–Crippen LogP) is 2.02. The number of benzene rings is 1. The molecule has 1 aliphatic rings. The Morgan fingerprint density at radius 1 is 1.27 bits per heavy atom. The molecule has 0 atom stereocenters.